The fraction of sp³-hybridized carbons (Fsp3) is 0.889. The Labute approximate surface area is 84.4 Å². The molecule has 0 saturated heterocycles. The quantitative estimate of drug-likeness (QED) is 0.588. The SMILES string of the molecule is COCCC(C)NC(COC)C(=O)O. The summed E-state index contributed by atoms with van der Waals surface area (Å²) in [6, 6.07) is -0.543. The smallest absolute Gasteiger partial charge is 0.323 e. The summed E-state index contributed by atoms with van der Waals surface area (Å²) in [6.07, 6.45) is 0.782. The van der Waals surface area contributed by atoms with Gasteiger partial charge in [-0.2, -0.15) is 0 Å². The predicted molar refractivity (Wildman–Crippen MR) is 52.4 cm³/mol. The predicted octanol–water partition coefficient (Wildman–Crippen LogP) is 0.101. The van der Waals surface area contributed by atoms with Crippen LogP contribution < -0.4 is 5.32 Å². The number of carboxylic acid groups (broad SMARTS) is 1. The summed E-state index contributed by atoms with van der Waals surface area (Å²) in [4.78, 5) is 10.7. The van der Waals surface area contributed by atoms with Crippen LogP contribution in [0.25, 0.3) is 0 Å². The summed E-state index contributed by atoms with van der Waals surface area (Å²) >= 11 is 0. The molecule has 0 spiro atoms. The molecule has 0 aliphatic rings. The van der Waals surface area contributed by atoms with E-state index in [0.29, 0.717) is 6.61 Å². The van der Waals surface area contributed by atoms with Gasteiger partial charge in [0.05, 0.1) is 6.61 Å². The number of carbonyl (C=O) groups is 1. The van der Waals surface area contributed by atoms with Crippen molar-refractivity contribution in [2.24, 2.45) is 0 Å². The van der Waals surface area contributed by atoms with E-state index in [1.807, 2.05) is 6.92 Å². The molecule has 0 aliphatic heterocycles. The molecule has 2 N–H and O–H groups in total. The standard InChI is InChI=1S/C9H19NO4/c1-7(4-5-13-2)10-8(6-14-3)9(11)12/h7-8,10H,4-6H2,1-3H3,(H,11,12). The van der Waals surface area contributed by atoms with Crippen molar-refractivity contribution < 1.29 is 19.4 Å². The lowest BCUT2D eigenvalue weighted by atomic mass is 10.2. The number of aliphatic carboxylic acids is 1. The van der Waals surface area contributed by atoms with Gasteiger partial charge in [0.15, 0.2) is 0 Å². The highest BCUT2D eigenvalue weighted by molar-refractivity contribution is 5.73. The number of methoxy groups -OCH3 is 2. The average molecular weight is 205 g/mol. The van der Waals surface area contributed by atoms with Gasteiger partial charge in [-0.05, 0) is 13.3 Å². The zero-order valence-electron chi connectivity index (χ0n) is 8.95. The summed E-state index contributed by atoms with van der Waals surface area (Å²) in [5.74, 6) is -0.892. The summed E-state index contributed by atoms with van der Waals surface area (Å²) in [7, 11) is 3.11. The van der Waals surface area contributed by atoms with Gasteiger partial charge in [-0.1, -0.05) is 0 Å². The number of hydrogen-bond acceptors (Lipinski definition) is 4. The Balaban J connectivity index is 3.83. The average Bonchev–Trinajstić information content (AvgIpc) is 2.14. The van der Waals surface area contributed by atoms with E-state index in [-0.39, 0.29) is 12.6 Å². The molecule has 0 radical (unpaired) electrons. The molecule has 2 atom stereocenters. The highest BCUT2D eigenvalue weighted by Crippen LogP contribution is 1.95. The Morgan fingerprint density at radius 3 is 2.50 bits per heavy atom. The Bertz CT molecular complexity index is 163. The molecular formula is C9H19NO4. The van der Waals surface area contributed by atoms with Crippen molar-refractivity contribution in [1.29, 1.82) is 0 Å². The van der Waals surface area contributed by atoms with Gasteiger partial charge in [0, 0.05) is 26.9 Å². The third-order valence-electron chi connectivity index (χ3n) is 1.87. The molecule has 0 rings (SSSR count). The van der Waals surface area contributed by atoms with E-state index < -0.39 is 12.0 Å². The van der Waals surface area contributed by atoms with E-state index >= 15 is 0 Å². The normalized spacial score (nSPS) is 15.1. The Morgan fingerprint density at radius 2 is 2.07 bits per heavy atom. The first kappa shape index (κ1) is 13.4. The third kappa shape index (κ3) is 5.90. The van der Waals surface area contributed by atoms with Gasteiger partial charge in [0.1, 0.15) is 6.04 Å². The van der Waals surface area contributed by atoms with Crippen LogP contribution in [0.15, 0.2) is 0 Å². The van der Waals surface area contributed by atoms with E-state index in [4.69, 9.17) is 14.6 Å². The molecule has 0 heterocycles. The second kappa shape index (κ2) is 7.73. The molecule has 0 aromatic heterocycles. The lowest BCUT2D eigenvalue weighted by Crippen LogP contribution is -2.45. The van der Waals surface area contributed by atoms with Gasteiger partial charge in [0.25, 0.3) is 0 Å². The van der Waals surface area contributed by atoms with Gasteiger partial charge in [-0.15, -0.1) is 0 Å². The Morgan fingerprint density at radius 1 is 1.43 bits per heavy atom. The van der Waals surface area contributed by atoms with E-state index in [1.54, 1.807) is 7.11 Å². The number of ether oxygens (including phenoxy) is 2. The fourth-order valence-electron chi connectivity index (χ4n) is 1.08. The van der Waals surface area contributed by atoms with Crippen molar-refractivity contribution in [3.63, 3.8) is 0 Å². The summed E-state index contributed by atoms with van der Waals surface area (Å²) in [6.45, 7) is 2.71. The topological polar surface area (TPSA) is 67.8 Å². The minimum Gasteiger partial charge on any atom is -0.480 e. The maximum absolute atomic E-state index is 10.7. The van der Waals surface area contributed by atoms with Crippen LogP contribution in [0.2, 0.25) is 0 Å². The minimum atomic E-state index is -0.892. The first-order valence-electron chi connectivity index (χ1n) is 4.58. The molecule has 0 aliphatic carbocycles. The van der Waals surface area contributed by atoms with Crippen LogP contribution in [0.5, 0.6) is 0 Å². The van der Waals surface area contributed by atoms with Crippen molar-refractivity contribution in [3.05, 3.63) is 0 Å². The molecule has 0 amide bonds. The maximum Gasteiger partial charge on any atom is 0.323 e. The van der Waals surface area contributed by atoms with Gasteiger partial charge < -0.3 is 14.6 Å². The van der Waals surface area contributed by atoms with Crippen LogP contribution in [0.3, 0.4) is 0 Å². The lowest BCUT2D eigenvalue weighted by Gasteiger charge is -2.19. The molecular weight excluding hydrogens is 186 g/mol. The number of hydrogen-bond donors (Lipinski definition) is 2. The number of rotatable bonds is 8. The van der Waals surface area contributed by atoms with Crippen LogP contribution in [0, 0.1) is 0 Å². The molecule has 0 saturated carbocycles. The van der Waals surface area contributed by atoms with E-state index in [9.17, 15) is 4.79 Å². The zero-order valence-corrected chi connectivity index (χ0v) is 8.95. The van der Waals surface area contributed by atoms with Crippen LogP contribution in [-0.4, -0.2) is 50.6 Å². The van der Waals surface area contributed by atoms with Crippen molar-refractivity contribution >= 4 is 5.97 Å². The van der Waals surface area contributed by atoms with E-state index in [0.717, 1.165) is 6.42 Å². The first-order valence-corrected chi connectivity index (χ1v) is 4.58. The highest BCUT2D eigenvalue weighted by Gasteiger charge is 2.18. The van der Waals surface area contributed by atoms with Crippen LogP contribution in [0.1, 0.15) is 13.3 Å². The van der Waals surface area contributed by atoms with Crippen molar-refractivity contribution in [2.45, 2.75) is 25.4 Å². The molecule has 14 heavy (non-hydrogen) atoms. The Hall–Kier alpha value is -0.650. The molecule has 0 bridgehead atoms. The van der Waals surface area contributed by atoms with Gasteiger partial charge >= 0.3 is 5.97 Å². The summed E-state index contributed by atoms with van der Waals surface area (Å²) in [5.41, 5.74) is 0. The van der Waals surface area contributed by atoms with Crippen molar-refractivity contribution in [3.8, 4) is 0 Å². The highest BCUT2D eigenvalue weighted by atomic mass is 16.5. The monoisotopic (exact) mass is 205 g/mol. The molecule has 5 nitrogen and oxygen atoms in total. The molecule has 2 unspecified atom stereocenters. The third-order valence-corrected chi connectivity index (χ3v) is 1.87. The fourth-order valence-corrected chi connectivity index (χ4v) is 1.08. The van der Waals surface area contributed by atoms with Crippen LogP contribution in [0.4, 0.5) is 0 Å². The summed E-state index contributed by atoms with van der Waals surface area (Å²) in [5, 5.41) is 11.8. The number of carboxylic acids is 1. The molecule has 0 aromatic carbocycles. The van der Waals surface area contributed by atoms with Gasteiger partial charge in [-0.3, -0.25) is 10.1 Å². The van der Waals surface area contributed by atoms with Crippen molar-refractivity contribution in [1.82, 2.24) is 5.32 Å². The largest absolute Gasteiger partial charge is 0.480 e. The van der Waals surface area contributed by atoms with Gasteiger partial charge in [0.2, 0.25) is 0 Å². The molecule has 0 aromatic rings. The summed E-state index contributed by atoms with van der Waals surface area (Å²) < 4.78 is 9.69. The van der Waals surface area contributed by atoms with Crippen molar-refractivity contribution in [2.75, 3.05) is 27.4 Å². The second-order valence-corrected chi connectivity index (χ2v) is 3.20. The molecule has 84 valence electrons. The van der Waals surface area contributed by atoms with Crippen LogP contribution >= 0.6 is 0 Å². The van der Waals surface area contributed by atoms with E-state index in [1.165, 1.54) is 7.11 Å². The Kier molecular flexibility index (Phi) is 7.37. The van der Waals surface area contributed by atoms with E-state index in [2.05, 4.69) is 5.32 Å². The molecule has 0 fully saturated rings. The minimum absolute atomic E-state index is 0.103. The van der Waals surface area contributed by atoms with Crippen LogP contribution in [-0.2, 0) is 14.3 Å². The maximum atomic E-state index is 10.7. The first-order chi connectivity index (χ1) is 6.61. The lowest BCUT2D eigenvalue weighted by molar-refractivity contribution is -0.141. The second-order valence-electron chi connectivity index (χ2n) is 3.20. The zero-order chi connectivity index (χ0) is 11.0. The number of nitrogens with one attached hydrogen (secondary N) is 1. The van der Waals surface area contributed by atoms with Gasteiger partial charge in [-0.25, -0.2) is 0 Å². The molecule has 5 heteroatoms.